The van der Waals surface area contributed by atoms with E-state index in [4.69, 9.17) is 10.3 Å². The van der Waals surface area contributed by atoms with Crippen LogP contribution in [0.5, 0.6) is 0 Å². The molecular formula is C17H15BrN2O. The number of anilines is 1. The van der Waals surface area contributed by atoms with Crippen LogP contribution < -0.4 is 5.73 Å². The first-order valence-electron chi connectivity index (χ1n) is 6.65. The predicted molar refractivity (Wildman–Crippen MR) is 89.0 cm³/mol. The molecule has 106 valence electrons. The van der Waals surface area contributed by atoms with Crippen molar-refractivity contribution in [3.05, 3.63) is 58.1 Å². The van der Waals surface area contributed by atoms with Gasteiger partial charge in [0.2, 0.25) is 5.88 Å². The smallest absolute Gasteiger partial charge is 0.230 e. The number of hydrogen-bond acceptors (Lipinski definition) is 3. The van der Waals surface area contributed by atoms with E-state index in [1.807, 2.05) is 30.3 Å². The van der Waals surface area contributed by atoms with E-state index in [0.29, 0.717) is 5.88 Å². The van der Waals surface area contributed by atoms with Gasteiger partial charge in [-0.2, -0.15) is 0 Å². The van der Waals surface area contributed by atoms with Gasteiger partial charge in [0.1, 0.15) is 5.69 Å². The topological polar surface area (TPSA) is 52.0 Å². The summed E-state index contributed by atoms with van der Waals surface area (Å²) in [5, 5.41) is 4.19. The molecule has 1 aromatic heterocycles. The maximum absolute atomic E-state index is 6.01. The van der Waals surface area contributed by atoms with Crippen molar-refractivity contribution in [1.29, 1.82) is 0 Å². The second-order valence-corrected chi connectivity index (χ2v) is 5.96. The van der Waals surface area contributed by atoms with Crippen molar-refractivity contribution < 1.29 is 4.52 Å². The van der Waals surface area contributed by atoms with Crippen LogP contribution in [0.2, 0.25) is 0 Å². The molecular weight excluding hydrogens is 328 g/mol. The lowest BCUT2D eigenvalue weighted by atomic mass is 9.95. The highest BCUT2D eigenvalue weighted by Crippen LogP contribution is 2.39. The summed E-state index contributed by atoms with van der Waals surface area (Å²) in [7, 11) is 0. The molecule has 0 aliphatic rings. The van der Waals surface area contributed by atoms with Crippen molar-refractivity contribution >= 4 is 21.8 Å². The Morgan fingerprint density at radius 1 is 0.952 bits per heavy atom. The maximum atomic E-state index is 6.01. The van der Waals surface area contributed by atoms with Gasteiger partial charge in [-0.1, -0.05) is 51.4 Å². The van der Waals surface area contributed by atoms with Crippen LogP contribution in [-0.2, 0) is 0 Å². The Balaban J connectivity index is 2.24. The fourth-order valence-corrected chi connectivity index (χ4v) is 2.82. The zero-order valence-electron chi connectivity index (χ0n) is 11.9. The zero-order chi connectivity index (χ0) is 15.0. The third kappa shape index (κ3) is 2.47. The molecule has 0 saturated heterocycles. The second kappa shape index (κ2) is 5.37. The molecule has 0 fully saturated rings. The Labute approximate surface area is 131 Å². The van der Waals surface area contributed by atoms with Crippen molar-refractivity contribution in [1.82, 2.24) is 5.16 Å². The van der Waals surface area contributed by atoms with Gasteiger partial charge in [-0.3, -0.25) is 0 Å². The molecule has 3 nitrogen and oxygen atoms in total. The van der Waals surface area contributed by atoms with Crippen molar-refractivity contribution in [3.8, 4) is 22.4 Å². The molecule has 3 rings (SSSR count). The molecule has 1 heterocycles. The van der Waals surface area contributed by atoms with Crippen molar-refractivity contribution in [2.24, 2.45) is 0 Å². The summed E-state index contributed by atoms with van der Waals surface area (Å²) in [5.41, 5.74) is 12.0. The molecule has 3 aromatic rings. The van der Waals surface area contributed by atoms with Gasteiger partial charge in [-0.25, -0.2) is 0 Å². The first-order valence-corrected chi connectivity index (χ1v) is 7.45. The van der Waals surface area contributed by atoms with Crippen LogP contribution in [0.1, 0.15) is 11.1 Å². The van der Waals surface area contributed by atoms with Crippen molar-refractivity contribution in [2.45, 2.75) is 13.8 Å². The minimum absolute atomic E-state index is 0.343. The number of nitrogen functional groups attached to an aromatic ring is 1. The SMILES string of the molecule is Cc1cccc(C)c1-c1noc(N)c1-c1ccc(Br)cc1. The average Bonchev–Trinajstić information content (AvgIpc) is 2.82. The second-order valence-electron chi connectivity index (χ2n) is 5.04. The number of aryl methyl sites for hydroxylation is 2. The standard InChI is InChI=1S/C17H15BrN2O/c1-10-4-3-5-11(2)14(10)16-15(17(19)21-20-16)12-6-8-13(18)9-7-12/h3-9H,19H2,1-2H3. The number of nitrogens with two attached hydrogens (primary N) is 1. The van der Waals surface area contributed by atoms with E-state index in [0.717, 1.165) is 38.0 Å². The molecule has 0 atom stereocenters. The minimum Gasteiger partial charge on any atom is -0.367 e. The Hall–Kier alpha value is -2.07. The van der Waals surface area contributed by atoms with Crippen LogP contribution in [-0.4, -0.2) is 5.16 Å². The lowest BCUT2D eigenvalue weighted by Gasteiger charge is -2.09. The Bertz CT molecular complexity index is 771. The molecule has 0 bridgehead atoms. The molecule has 0 unspecified atom stereocenters. The molecule has 4 heteroatoms. The van der Waals surface area contributed by atoms with E-state index in [2.05, 4.69) is 47.1 Å². The number of rotatable bonds is 2. The summed E-state index contributed by atoms with van der Waals surface area (Å²) in [6.07, 6.45) is 0. The lowest BCUT2D eigenvalue weighted by molar-refractivity contribution is 0.439. The summed E-state index contributed by atoms with van der Waals surface area (Å²) < 4.78 is 6.28. The van der Waals surface area contributed by atoms with E-state index in [9.17, 15) is 0 Å². The summed E-state index contributed by atoms with van der Waals surface area (Å²) in [6, 6.07) is 14.1. The van der Waals surface area contributed by atoms with Gasteiger partial charge in [0.05, 0.1) is 5.56 Å². The quantitative estimate of drug-likeness (QED) is 0.715. The van der Waals surface area contributed by atoms with Gasteiger partial charge >= 0.3 is 0 Å². The summed E-state index contributed by atoms with van der Waals surface area (Å²) >= 11 is 3.44. The van der Waals surface area contributed by atoms with E-state index >= 15 is 0 Å². The van der Waals surface area contributed by atoms with E-state index in [1.54, 1.807) is 0 Å². The highest BCUT2D eigenvalue weighted by Gasteiger charge is 2.20. The molecule has 0 aliphatic heterocycles. The Kier molecular flexibility index (Phi) is 3.55. The number of nitrogens with zero attached hydrogens (tertiary/aromatic N) is 1. The highest BCUT2D eigenvalue weighted by molar-refractivity contribution is 9.10. The molecule has 0 aliphatic carbocycles. The third-order valence-corrected chi connectivity index (χ3v) is 4.10. The van der Waals surface area contributed by atoms with Crippen LogP contribution in [0.25, 0.3) is 22.4 Å². The Morgan fingerprint density at radius 2 is 1.57 bits per heavy atom. The average molecular weight is 343 g/mol. The molecule has 0 saturated carbocycles. The zero-order valence-corrected chi connectivity index (χ0v) is 13.4. The summed E-state index contributed by atoms with van der Waals surface area (Å²) in [5.74, 6) is 0.343. The number of benzene rings is 2. The predicted octanol–water partition coefficient (Wildman–Crippen LogP) is 4.97. The van der Waals surface area contributed by atoms with Crippen LogP contribution in [0.4, 0.5) is 5.88 Å². The molecule has 2 aromatic carbocycles. The van der Waals surface area contributed by atoms with Crippen LogP contribution >= 0.6 is 15.9 Å². The maximum Gasteiger partial charge on any atom is 0.230 e. The molecule has 0 radical (unpaired) electrons. The molecule has 0 spiro atoms. The van der Waals surface area contributed by atoms with Gasteiger partial charge in [0, 0.05) is 10.0 Å². The fraction of sp³-hybridized carbons (Fsp3) is 0.118. The first kappa shape index (κ1) is 13.9. The number of aromatic nitrogens is 1. The highest BCUT2D eigenvalue weighted by atomic mass is 79.9. The molecule has 0 amide bonds. The lowest BCUT2D eigenvalue weighted by Crippen LogP contribution is -1.92. The minimum atomic E-state index is 0.343. The normalized spacial score (nSPS) is 10.8. The van der Waals surface area contributed by atoms with Crippen LogP contribution in [0, 0.1) is 13.8 Å². The van der Waals surface area contributed by atoms with Crippen LogP contribution in [0.15, 0.2) is 51.5 Å². The number of halogens is 1. The van der Waals surface area contributed by atoms with Gasteiger partial charge in [0.15, 0.2) is 0 Å². The third-order valence-electron chi connectivity index (χ3n) is 3.57. The van der Waals surface area contributed by atoms with E-state index < -0.39 is 0 Å². The monoisotopic (exact) mass is 342 g/mol. The Morgan fingerprint density at radius 3 is 2.19 bits per heavy atom. The van der Waals surface area contributed by atoms with E-state index in [1.165, 1.54) is 0 Å². The van der Waals surface area contributed by atoms with Gasteiger partial charge in [-0.05, 0) is 42.7 Å². The summed E-state index contributed by atoms with van der Waals surface area (Å²) in [4.78, 5) is 0. The van der Waals surface area contributed by atoms with Gasteiger partial charge in [0.25, 0.3) is 0 Å². The van der Waals surface area contributed by atoms with Gasteiger partial charge < -0.3 is 10.3 Å². The van der Waals surface area contributed by atoms with Gasteiger partial charge in [-0.15, -0.1) is 0 Å². The number of hydrogen-bond donors (Lipinski definition) is 1. The van der Waals surface area contributed by atoms with Crippen LogP contribution in [0.3, 0.4) is 0 Å². The summed E-state index contributed by atoms with van der Waals surface area (Å²) in [6.45, 7) is 4.14. The van der Waals surface area contributed by atoms with Crippen molar-refractivity contribution in [3.63, 3.8) is 0 Å². The molecule has 2 N–H and O–H groups in total. The molecule has 21 heavy (non-hydrogen) atoms. The first-order chi connectivity index (χ1) is 10.1. The van der Waals surface area contributed by atoms with Crippen molar-refractivity contribution in [2.75, 3.05) is 5.73 Å². The largest absolute Gasteiger partial charge is 0.367 e. The fourth-order valence-electron chi connectivity index (χ4n) is 2.56. The van der Waals surface area contributed by atoms with E-state index in [-0.39, 0.29) is 0 Å².